The molecule has 0 spiro atoms. The number of carbonyl (C=O) groups is 2. The highest BCUT2D eigenvalue weighted by Gasteiger charge is 2.33. The topological polar surface area (TPSA) is 82.8 Å². The van der Waals surface area contributed by atoms with Gasteiger partial charge in [0.15, 0.2) is 4.32 Å². The van der Waals surface area contributed by atoms with E-state index in [0.717, 1.165) is 27.9 Å². The molecule has 1 aliphatic rings. The summed E-state index contributed by atoms with van der Waals surface area (Å²) in [6.07, 6.45) is 1.63. The molecule has 2 N–H and O–H groups in total. The van der Waals surface area contributed by atoms with Crippen molar-refractivity contribution in [2.24, 2.45) is 0 Å². The number of nitrogens with one attached hydrogen (secondary N) is 1. The van der Waals surface area contributed by atoms with Gasteiger partial charge >= 0.3 is 5.97 Å². The quantitative estimate of drug-likeness (QED) is 0.421. The van der Waals surface area contributed by atoms with E-state index in [9.17, 15) is 14.7 Å². The van der Waals surface area contributed by atoms with Gasteiger partial charge in [-0.25, -0.2) is 9.80 Å². The molecular weight excluding hydrogens is 420 g/mol. The Morgan fingerprint density at radius 1 is 1.13 bits per heavy atom. The Bertz CT molecular complexity index is 1180. The average molecular weight is 437 g/mol. The third-order valence-electron chi connectivity index (χ3n) is 4.42. The normalized spacial score (nSPS) is 15.1. The number of nitrogens with zero attached hydrogens (tertiary/aromatic N) is 1. The number of hydrogen-bond acceptors (Lipinski definition) is 6. The molecule has 8 heteroatoms. The van der Waals surface area contributed by atoms with Crippen molar-refractivity contribution in [3.8, 4) is 11.3 Å². The molecule has 150 valence electrons. The number of carbonyl (C=O) groups excluding carboxylic acids is 1. The smallest absolute Gasteiger partial charge is 0.337 e. The third-order valence-corrected chi connectivity index (χ3v) is 5.72. The number of hydrogen-bond donors (Lipinski definition) is 2. The molecule has 0 atom stereocenters. The van der Waals surface area contributed by atoms with Crippen molar-refractivity contribution < 1.29 is 19.1 Å². The molecular formula is C22H16N2O4S2. The first-order valence-corrected chi connectivity index (χ1v) is 10.2. The summed E-state index contributed by atoms with van der Waals surface area (Å²) in [4.78, 5) is 24.6. The monoisotopic (exact) mass is 436 g/mol. The van der Waals surface area contributed by atoms with Gasteiger partial charge in [0.25, 0.3) is 5.91 Å². The van der Waals surface area contributed by atoms with Gasteiger partial charge in [0.2, 0.25) is 0 Å². The van der Waals surface area contributed by atoms with Crippen LogP contribution < -0.4 is 5.43 Å². The Morgan fingerprint density at radius 2 is 1.87 bits per heavy atom. The summed E-state index contributed by atoms with van der Waals surface area (Å²) in [5.74, 6) is -0.251. The van der Waals surface area contributed by atoms with E-state index in [0.29, 0.717) is 16.4 Å². The number of thiocarbonyl (C=S) groups is 1. The Balaban J connectivity index is 1.55. The van der Waals surface area contributed by atoms with Crippen LogP contribution in [0.15, 0.2) is 70.0 Å². The minimum atomic E-state index is -1.10. The second-order valence-electron chi connectivity index (χ2n) is 6.55. The van der Waals surface area contributed by atoms with Gasteiger partial charge in [0, 0.05) is 11.6 Å². The fourth-order valence-corrected chi connectivity index (χ4v) is 4.04. The first-order valence-electron chi connectivity index (χ1n) is 8.96. The second-order valence-corrected chi connectivity index (χ2v) is 8.22. The van der Waals surface area contributed by atoms with E-state index in [1.807, 2.05) is 37.3 Å². The van der Waals surface area contributed by atoms with E-state index in [2.05, 4.69) is 5.43 Å². The molecule has 2 aromatic carbocycles. The fraction of sp³-hybridized carbons (Fsp3) is 0.0455. The van der Waals surface area contributed by atoms with Crippen LogP contribution in [0.1, 0.15) is 21.7 Å². The summed E-state index contributed by atoms with van der Waals surface area (Å²) >= 11 is 6.42. The number of amides is 1. The van der Waals surface area contributed by atoms with E-state index in [-0.39, 0.29) is 21.5 Å². The van der Waals surface area contributed by atoms with Crippen LogP contribution in [0.2, 0.25) is 0 Å². The van der Waals surface area contributed by atoms with E-state index >= 15 is 0 Å². The van der Waals surface area contributed by atoms with Crippen LogP contribution in [0.3, 0.4) is 0 Å². The maximum atomic E-state index is 12.8. The van der Waals surface area contributed by atoms with Gasteiger partial charge in [-0.3, -0.25) is 10.2 Å². The number of para-hydroxylation sites is 1. The Labute approximate surface area is 182 Å². The van der Waals surface area contributed by atoms with Crippen LogP contribution in [0.5, 0.6) is 0 Å². The molecule has 0 unspecified atom stereocenters. The van der Waals surface area contributed by atoms with Crippen molar-refractivity contribution in [3.05, 3.63) is 82.5 Å². The number of aromatic carboxylic acids is 1. The number of benzene rings is 2. The first kappa shape index (κ1) is 19.9. The van der Waals surface area contributed by atoms with E-state index < -0.39 is 5.97 Å². The molecule has 0 bridgehead atoms. The van der Waals surface area contributed by atoms with Crippen LogP contribution in [0, 0.1) is 6.92 Å². The zero-order valence-corrected chi connectivity index (χ0v) is 17.4. The number of furan rings is 1. The van der Waals surface area contributed by atoms with Crippen molar-refractivity contribution in [1.29, 1.82) is 0 Å². The second kappa shape index (κ2) is 8.17. The molecule has 2 heterocycles. The maximum absolute atomic E-state index is 12.8. The van der Waals surface area contributed by atoms with Gasteiger partial charge in [-0.1, -0.05) is 53.7 Å². The fourth-order valence-electron chi connectivity index (χ4n) is 2.88. The first-order chi connectivity index (χ1) is 14.4. The molecule has 0 aliphatic carbocycles. The largest absolute Gasteiger partial charge is 0.478 e. The summed E-state index contributed by atoms with van der Waals surface area (Å²) < 4.78 is 6.13. The van der Waals surface area contributed by atoms with Crippen molar-refractivity contribution in [2.45, 2.75) is 6.92 Å². The van der Waals surface area contributed by atoms with Crippen LogP contribution in [-0.4, -0.2) is 26.3 Å². The molecule has 6 nitrogen and oxygen atoms in total. The molecule has 1 fully saturated rings. The molecule has 0 radical (unpaired) electrons. The highest BCUT2D eigenvalue weighted by Crippen LogP contribution is 2.34. The van der Waals surface area contributed by atoms with Crippen LogP contribution in [0.25, 0.3) is 17.4 Å². The van der Waals surface area contributed by atoms with Gasteiger partial charge in [-0.15, -0.1) is 0 Å². The van der Waals surface area contributed by atoms with Crippen LogP contribution in [-0.2, 0) is 4.79 Å². The summed E-state index contributed by atoms with van der Waals surface area (Å²) in [5, 5.41) is 10.5. The van der Waals surface area contributed by atoms with Crippen LogP contribution in [0.4, 0.5) is 5.69 Å². The average Bonchev–Trinajstić information content (AvgIpc) is 3.29. The third kappa shape index (κ3) is 4.00. The highest BCUT2D eigenvalue weighted by molar-refractivity contribution is 8.26. The molecule has 4 rings (SSSR count). The molecule has 0 saturated carbocycles. The van der Waals surface area contributed by atoms with E-state index in [1.165, 1.54) is 6.07 Å². The SMILES string of the molecule is Cc1ccc(-c2ccc(/C=C3/SC(=S)N(Nc4ccccc4C(=O)O)C3=O)o2)cc1. The number of hydrazine groups is 1. The minimum Gasteiger partial charge on any atom is -0.478 e. The molecule has 1 aromatic heterocycles. The lowest BCUT2D eigenvalue weighted by Gasteiger charge is -2.18. The number of rotatable bonds is 5. The lowest BCUT2D eigenvalue weighted by molar-refractivity contribution is -0.121. The Kier molecular flexibility index (Phi) is 5.43. The summed E-state index contributed by atoms with van der Waals surface area (Å²) in [6, 6.07) is 17.9. The molecule has 1 amide bonds. The van der Waals surface area contributed by atoms with E-state index in [4.69, 9.17) is 16.6 Å². The van der Waals surface area contributed by atoms with Gasteiger partial charge < -0.3 is 9.52 Å². The number of thioether (sulfide) groups is 1. The van der Waals surface area contributed by atoms with Gasteiger partial charge in [0.05, 0.1) is 16.2 Å². The number of aryl methyl sites for hydroxylation is 1. The van der Waals surface area contributed by atoms with Gasteiger partial charge in [-0.2, -0.15) is 0 Å². The lowest BCUT2D eigenvalue weighted by atomic mass is 10.1. The zero-order chi connectivity index (χ0) is 21.3. The van der Waals surface area contributed by atoms with Gasteiger partial charge in [-0.05, 0) is 43.4 Å². The Hall–Kier alpha value is -3.36. The van der Waals surface area contributed by atoms with E-state index in [1.54, 1.807) is 30.3 Å². The van der Waals surface area contributed by atoms with Crippen molar-refractivity contribution in [1.82, 2.24) is 5.01 Å². The maximum Gasteiger partial charge on any atom is 0.337 e. The highest BCUT2D eigenvalue weighted by atomic mass is 32.2. The molecule has 30 heavy (non-hydrogen) atoms. The summed E-state index contributed by atoms with van der Waals surface area (Å²) in [5.41, 5.74) is 5.24. The minimum absolute atomic E-state index is 0.0457. The van der Waals surface area contributed by atoms with Crippen LogP contribution >= 0.6 is 24.0 Å². The number of carboxylic acid groups (broad SMARTS) is 1. The van der Waals surface area contributed by atoms with Crippen molar-refractivity contribution in [2.75, 3.05) is 5.43 Å². The summed E-state index contributed by atoms with van der Waals surface area (Å²) in [7, 11) is 0. The Morgan fingerprint density at radius 3 is 2.60 bits per heavy atom. The number of anilines is 1. The zero-order valence-electron chi connectivity index (χ0n) is 15.8. The predicted molar refractivity (Wildman–Crippen MR) is 121 cm³/mol. The number of carboxylic acids is 1. The molecule has 3 aromatic rings. The van der Waals surface area contributed by atoms with Crippen molar-refractivity contribution in [3.63, 3.8) is 0 Å². The summed E-state index contributed by atoms with van der Waals surface area (Å²) in [6.45, 7) is 2.02. The standard InChI is InChI=1S/C22H16N2O4S2/c1-13-6-8-14(9-7-13)18-11-10-15(28-18)12-19-20(25)24(22(29)30-19)23-17-5-3-2-4-16(17)21(26)27/h2-12,23H,1H3,(H,26,27)/b19-12+. The molecule has 1 saturated heterocycles. The predicted octanol–water partition coefficient (Wildman–Crippen LogP) is 5.18. The van der Waals surface area contributed by atoms with Crippen molar-refractivity contribution >= 4 is 51.9 Å². The lowest BCUT2D eigenvalue weighted by Crippen LogP contribution is -2.34. The molecule has 1 aliphatic heterocycles. The van der Waals surface area contributed by atoms with Gasteiger partial charge in [0.1, 0.15) is 11.5 Å².